The van der Waals surface area contributed by atoms with Crippen molar-refractivity contribution in [2.75, 3.05) is 25.5 Å². The number of aromatic nitrogens is 3. The molecule has 136 valence electrons. The molecule has 2 aromatic heterocycles. The SMILES string of the molecule is CN1CCC[C@@H](Nc2nnc(-c3ccc(Cl)cc3C#N)c3ccncc23)C1. The molecule has 0 amide bonds. The van der Waals surface area contributed by atoms with Crippen LogP contribution in [0.2, 0.25) is 5.02 Å². The Kier molecular flexibility index (Phi) is 4.88. The number of likely N-dealkylation sites (tertiary alicyclic amines) is 1. The fourth-order valence-corrected chi connectivity index (χ4v) is 3.77. The van der Waals surface area contributed by atoms with Crippen molar-refractivity contribution in [3.05, 3.63) is 47.2 Å². The number of benzene rings is 1. The molecule has 3 aromatic rings. The van der Waals surface area contributed by atoms with Crippen LogP contribution in [-0.4, -0.2) is 46.3 Å². The molecule has 7 heteroatoms. The first-order valence-electron chi connectivity index (χ1n) is 8.91. The van der Waals surface area contributed by atoms with Crippen molar-refractivity contribution >= 4 is 28.2 Å². The van der Waals surface area contributed by atoms with E-state index in [1.807, 2.05) is 12.1 Å². The van der Waals surface area contributed by atoms with E-state index in [9.17, 15) is 5.26 Å². The van der Waals surface area contributed by atoms with Crippen LogP contribution in [0, 0.1) is 11.3 Å². The molecule has 0 unspecified atom stereocenters. The molecular formula is C20H19ClN6. The third kappa shape index (κ3) is 3.57. The van der Waals surface area contributed by atoms with Gasteiger partial charge in [0, 0.05) is 46.3 Å². The highest BCUT2D eigenvalue weighted by atomic mass is 35.5. The summed E-state index contributed by atoms with van der Waals surface area (Å²) in [6.07, 6.45) is 5.79. The van der Waals surface area contributed by atoms with Gasteiger partial charge >= 0.3 is 0 Å². The molecule has 1 aromatic carbocycles. The summed E-state index contributed by atoms with van der Waals surface area (Å²) in [4.78, 5) is 6.58. The highest BCUT2D eigenvalue weighted by molar-refractivity contribution is 6.30. The van der Waals surface area contributed by atoms with Crippen LogP contribution in [0.5, 0.6) is 0 Å². The van der Waals surface area contributed by atoms with Gasteiger partial charge in [-0.05, 0) is 50.7 Å². The van der Waals surface area contributed by atoms with E-state index in [2.05, 4.69) is 38.5 Å². The van der Waals surface area contributed by atoms with Gasteiger partial charge in [-0.3, -0.25) is 4.98 Å². The van der Waals surface area contributed by atoms with Crippen molar-refractivity contribution in [2.24, 2.45) is 0 Å². The molecule has 1 atom stereocenters. The lowest BCUT2D eigenvalue weighted by Crippen LogP contribution is -2.40. The average Bonchev–Trinajstić information content (AvgIpc) is 2.68. The van der Waals surface area contributed by atoms with Gasteiger partial charge in [0.1, 0.15) is 5.69 Å². The predicted octanol–water partition coefficient (Wildman–Crippen LogP) is 3.72. The quantitative estimate of drug-likeness (QED) is 0.748. The Morgan fingerprint density at radius 1 is 1.26 bits per heavy atom. The highest BCUT2D eigenvalue weighted by Crippen LogP contribution is 2.32. The Balaban J connectivity index is 1.78. The van der Waals surface area contributed by atoms with E-state index in [1.54, 1.807) is 24.5 Å². The van der Waals surface area contributed by atoms with Crippen LogP contribution < -0.4 is 5.32 Å². The van der Waals surface area contributed by atoms with Crippen LogP contribution in [0.25, 0.3) is 22.0 Å². The summed E-state index contributed by atoms with van der Waals surface area (Å²) in [5.74, 6) is 0.731. The number of hydrogen-bond donors (Lipinski definition) is 1. The maximum atomic E-state index is 9.49. The lowest BCUT2D eigenvalue weighted by molar-refractivity contribution is 0.261. The van der Waals surface area contributed by atoms with Crippen LogP contribution in [0.1, 0.15) is 18.4 Å². The molecule has 1 aliphatic heterocycles. The summed E-state index contributed by atoms with van der Waals surface area (Å²) >= 11 is 6.04. The van der Waals surface area contributed by atoms with Crippen LogP contribution in [0.3, 0.4) is 0 Å². The molecule has 0 saturated carbocycles. The number of halogens is 1. The van der Waals surface area contributed by atoms with Gasteiger partial charge in [0.15, 0.2) is 5.82 Å². The van der Waals surface area contributed by atoms with Gasteiger partial charge < -0.3 is 10.2 Å². The molecule has 1 aliphatic rings. The fourth-order valence-electron chi connectivity index (χ4n) is 3.60. The number of anilines is 1. The smallest absolute Gasteiger partial charge is 0.158 e. The zero-order valence-corrected chi connectivity index (χ0v) is 15.7. The van der Waals surface area contributed by atoms with Gasteiger partial charge in [-0.25, -0.2) is 0 Å². The zero-order chi connectivity index (χ0) is 18.8. The summed E-state index contributed by atoms with van der Waals surface area (Å²) in [7, 11) is 2.13. The summed E-state index contributed by atoms with van der Waals surface area (Å²) in [6, 6.07) is 9.66. The average molecular weight is 379 g/mol. The molecule has 0 spiro atoms. The second-order valence-electron chi connectivity index (χ2n) is 6.87. The number of likely N-dealkylation sites (N-methyl/N-ethyl adjacent to an activating group) is 1. The van der Waals surface area contributed by atoms with Crippen LogP contribution in [0.15, 0.2) is 36.7 Å². The molecule has 27 heavy (non-hydrogen) atoms. The topological polar surface area (TPSA) is 77.7 Å². The standard InChI is InChI=1S/C20H19ClN6/c1-27-8-2-3-15(12-27)24-20-18-11-23-7-6-17(18)19(25-26-20)16-5-4-14(21)9-13(16)10-22/h4-7,9,11,15H,2-3,8,12H2,1H3,(H,24,26)/t15-/m1/s1. The lowest BCUT2D eigenvalue weighted by Gasteiger charge is -2.30. The van der Waals surface area contributed by atoms with Crippen molar-refractivity contribution in [3.8, 4) is 17.3 Å². The maximum absolute atomic E-state index is 9.49. The first-order chi connectivity index (χ1) is 13.2. The number of nitriles is 1. The number of piperidine rings is 1. The van der Waals surface area contributed by atoms with E-state index >= 15 is 0 Å². The second kappa shape index (κ2) is 7.47. The molecule has 1 saturated heterocycles. The van der Waals surface area contributed by atoms with Gasteiger partial charge in [0.05, 0.1) is 11.6 Å². The first-order valence-corrected chi connectivity index (χ1v) is 9.29. The number of fused-ring (bicyclic) bond motifs is 1. The fraction of sp³-hybridized carbons (Fsp3) is 0.300. The van der Waals surface area contributed by atoms with Crippen LogP contribution in [-0.2, 0) is 0 Å². The Morgan fingerprint density at radius 3 is 2.96 bits per heavy atom. The van der Waals surface area contributed by atoms with Crippen molar-refractivity contribution < 1.29 is 0 Å². The van der Waals surface area contributed by atoms with Crippen molar-refractivity contribution in [1.29, 1.82) is 5.26 Å². The molecule has 3 heterocycles. The minimum Gasteiger partial charge on any atom is -0.364 e. The van der Waals surface area contributed by atoms with Gasteiger partial charge in [0.2, 0.25) is 0 Å². The Bertz CT molecular complexity index is 1030. The third-order valence-corrected chi connectivity index (χ3v) is 5.14. The molecule has 6 nitrogen and oxygen atoms in total. The van der Waals surface area contributed by atoms with Crippen molar-refractivity contribution in [2.45, 2.75) is 18.9 Å². The van der Waals surface area contributed by atoms with E-state index in [1.165, 1.54) is 0 Å². The van der Waals surface area contributed by atoms with Gasteiger partial charge in [0.25, 0.3) is 0 Å². The number of nitrogens with one attached hydrogen (secondary N) is 1. The number of rotatable bonds is 3. The molecular weight excluding hydrogens is 360 g/mol. The largest absolute Gasteiger partial charge is 0.364 e. The number of nitrogens with zero attached hydrogens (tertiary/aromatic N) is 5. The van der Waals surface area contributed by atoms with Crippen LogP contribution in [0.4, 0.5) is 5.82 Å². The Morgan fingerprint density at radius 2 is 2.15 bits per heavy atom. The molecule has 0 radical (unpaired) electrons. The predicted molar refractivity (Wildman–Crippen MR) is 107 cm³/mol. The number of pyridine rings is 1. The Hall–Kier alpha value is -2.75. The van der Waals surface area contributed by atoms with E-state index < -0.39 is 0 Å². The Labute approximate surface area is 162 Å². The summed E-state index contributed by atoms with van der Waals surface area (Å²) in [6.45, 7) is 2.10. The minimum atomic E-state index is 0.331. The zero-order valence-electron chi connectivity index (χ0n) is 15.0. The maximum Gasteiger partial charge on any atom is 0.158 e. The number of hydrogen-bond acceptors (Lipinski definition) is 6. The monoisotopic (exact) mass is 378 g/mol. The molecule has 4 rings (SSSR count). The molecule has 0 bridgehead atoms. The normalized spacial score (nSPS) is 17.6. The third-order valence-electron chi connectivity index (χ3n) is 4.90. The van der Waals surface area contributed by atoms with Gasteiger partial charge in [-0.1, -0.05) is 11.6 Å². The van der Waals surface area contributed by atoms with Gasteiger partial charge in [-0.2, -0.15) is 5.26 Å². The van der Waals surface area contributed by atoms with Crippen molar-refractivity contribution in [1.82, 2.24) is 20.1 Å². The van der Waals surface area contributed by atoms with E-state index in [4.69, 9.17) is 11.6 Å². The molecule has 1 N–H and O–H groups in total. The van der Waals surface area contributed by atoms with E-state index in [0.29, 0.717) is 22.3 Å². The highest BCUT2D eigenvalue weighted by Gasteiger charge is 2.20. The van der Waals surface area contributed by atoms with E-state index in [-0.39, 0.29) is 0 Å². The summed E-state index contributed by atoms with van der Waals surface area (Å²) < 4.78 is 0. The van der Waals surface area contributed by atoms with Crippen molar-refractivity contribution in [3.63, 3.8) is 0 Å². The second-order valence-corrected chi connectivity index (χ2v) is 7.30. The summed E-state index contributed by atoms with van der Waals surface area (Å²) in [5, 5.41) is 24.2. The summed E-state index contributed by atoms with van der Waals surface area (Å²) in [5.41, 5.74) is 1.85. The lowest BCUT2D eigenvalue weighted by atomic mass is 10.0. The van der Waals surface area contributed by atoms with Gasteiger partial charge in [-0.15, -0.1) is 10.2 Å². The van der Waals surface area contributed by atoms with E-state index in [0.717, 1.165) is 48.1 Å². The molecule has 1 fully saturated rings. The molecule has 0 aliphatic carbocycles. The first kappa shape index (κ1) is 17.7. The van der Waals surface area contributed by atoms with Crippen LogP contribution >= 0.6 is 11.6 Å². The minimum absolute atomic E-state index is 0.331.